The standard InChI is InChI=1S/C20H22ClN3/c1-15-19(13-22-12-18-10-6-7-11-20(18)21)16(2)24(23-15)14-17-8-4-3-5-9-17/h3-11,22H,12-14H2,1-2H3. The van der Waals surface area contributed by atoms with Crippen molar-refractivity contribution in [3.05, 3.63) is 87.7 Å². The fraction of sp³-hybridized carbons (Fsp3) is 0.250. The Balaban J connectivity index is 1.67. The summed E-state index contributed by atoms with van der Waals surface area (Å²) in [6.07, 6.45) is 0. The summed E-state index contributed by atoms with van der Waals surface area (Å²) in [5.41, 5.74) is 5.93. The minimum atomic E-state index is 0.752. The maximum absolute atomic E-state index is 6.21. The summed E-state index contributed by atoms with van der Waals surface area (Å²) in [5, 5.41) is 8.98. The molecule has 124 valence electrons. The molecule has 3 aromatic rings. The largest absolute Gasteiger partial charge is 0.308 e. The molecule has 24 heavy (non-hydrogen) atoms. The van der Waals surface area contributed by atoms with Gasteiger partial charge in [-0.25, -0.2) is 0 Å². The van der Waals surface area contributed by atoms with Crippen molar-refractivity contribution in [3.8, 4) is 0 Å². The first-order valence-corrected chi connectivity index (χ1v) is 8.54. The van der Waals surface area contributed by atoms with Crippen LogP contribution in [0.25, 0.3) is 0 Å². The van der Waals surface area contributed by atoms with E-state index in [1.807, 2.05) is 30.3 Å². The molecule has 0 radical (unpaired) electrons. The van der Waals surface area contributed by atoms with Crippen LogP contribution in [-0.2, 0) is 19.6 Å². The molecule has 0 aliphatic rings. The van der Waals surface area contributed by atoms with Crippen molar-refractivity contribution < 1.29 is 0 Å². The minimum Gasteiger partial charge on any atom is -0.308 e. The molecule has 0 aliphatic heterocycles. The molecule has 0 bridgehead atoms. The van der Waals surface area contributed by atoms with Crippen LogP contribution in [0, 0.1) is 13.8 Å². The average Bonchev–Trinajstić information content (AvgIpc) is 2.85. The third kappa shape index (κ3) is 3.86. The van der Waals surface area contributed by atoms with Crippen LogP contribution in [-0.4, -0.2) is 9.78 Å². The number of nitrogens with one attached hydrogen (secondary N) is 1. The number of rotatable bonds is 6. The molecule has 4 heteroatoms. The van der Waals surface area contributed by atoms with Crippen molar-refractivity contribution in [2.75, 3.05) is 0 Å². The fourth-order valence-electron chi connectivity index (χ4n) is 2.86. The normalized spacial score (nSPS) is 11.0. The number of aromatic nitrogens is 2. The summed E-state index contributed by atoms with van der Waals surface area (Å²) in [6, 6.07) is 18.4. The third-order valence-corrected chi connectivity index (χ3v) is 4.65. The number of halogens is 1. The predicted octanol–water partition coefficient (Wildman–Crippen LogP) is 4.49. The van der Waals surface area contributed by atoms with Crippen molar-refractivity contribution >= 4 is 11.6 Å². The quantitative estimate of drug-likeness (QED) is 0.717. The number of benzene rings is 2. The number of hydrogen-bond donors (Lipinski definition) is 1. The molecule has 0 saturated carbocycles. The van der Waals surface area contributed by atoms with Crippen molar-refractivity contribution in [2.45, 2.75) is 33.5 Å². The van der Waals surface area contributed by atoms with E-state index in [-0.39, 0.29) is 0 Å². The van der Waals surface area contributed by atoms with Gasteiger partial charge in [0, 0.05) is 29.4 Å². The summed E-state index contributed by atoms with van der Waals surface area (Å²) in [6.45, 7) is 6.55. The van der Waals surface area contributed by atoms with Gasteiger partial charge in [0.05, 0.1) is 12.2 Å². The molecular formula is C20H22ClN3. The molecule has 0 atom stereocenters. The second-order valence-electron chi connectivity index (χ2n) is 5.99. The van der Waals surface area contributed by atoms with Gasteiger partial charge >= 0.3 is 0 Å². The summed E-state index contributed by atoms with van der Waals surface area (Å²) in [7, 11) is 0. The smallest absolute Gasteiger partial charge is 0.0662 e. The van der Waals surface area contributed by atoms with Gasteiger partial charge in [0.15, 0.2) is 0 Å². The van der Waals surface area contributed by atoms with Crippen LogP contribution in [0.4, 0.5) is 0 Å². The zero-order valence-corrected chi connectivity index (χ0v) is 14.8. The predicted molar refractivity (Wildman–Crippen MR) is 99.2 cm³/mol. The van der Waals surface area contributed by atoms with E-state index in [2.05, 4.69) is 48.1 Å². The molecule has 0 aliphatic carbocycles. The van der Waals surface area contributed by atoms with Crippen LogP contribution in [0.1, 0.15) is 28.1 Å². The van der Waals surface area contributed by atoms with Crippen LogP contribution < -0.4 is 5.32 Å². The topological polar surface area (TPSA) is 29.9 Å². The highest BCUT2D eigenvalue weighted by atomic mass is 35.5. The molecule has 3 nitrogen and oxygen atoms in total. The monoisotopic (exact) mass is 339 g/mol. The maximum atomic E-state index is 6.21. The van der Waals surface area contributed by atoms with Gasteiger partial charge in [-0.05, 0) is 31.0 Å². The lowest BCUT2D eigenvalue weighted by Crippen LogP contribution is -2.14. The van der Waals surface area contributed by atoms with E-state index in [0.29, 0.717) is 0 Å². The van der Waals surface area contributed by atoms with E-state index >= 15 is 0 Å². The van der Waals surface area contributed by atoms with Gasteiger partial charge in [-0.15, -0.1) is 0 Å². The van der Waals surface area contributed by atoms with Gasteiger partial charge in [0.2, 0.25) is 0 Å². The van der Waals surface area contributed by atoms with Crippen LogP contribution >= 0.6 is 11.6 Å². The number of aryl methyl sites for hydroxylation is 1. The van der Waals surface area contributed by atoms with Gasteiger partial charge in [-0.3, -0.25) is 4.68 Å². The van der Waals surface area contributed by atoms with Gasteiger partial charge < -0.3 is 5.32 Å². The molecule has 2 aromatic carbocycles. The SMILES string of the molecule is Cc1nn(Cc2ccccc2)c(C)c1CNCc1ccccc1Cl. The second kappa shape index (κ2) is 7.65. The van der Waals surface area contributed by atoms with E-state index in [4.69, 9.17) is 16.7 Å². The third-order valence-electron chi connectivity index (χ3n) is 4.28. The molecule has 0 unspecified atom stereocenters. The first kappa shape index (κ1) is 16.7. The zero-order valence-electron chi connectivity index (χ0n) is 14.1. The van der Waals surface area contributed by atoms with Crippen molar-refractivity contribution in [1.82, 2.24) is 15.1 Å². The van der Waals surface area contributed by atoms with Crippen LogP contribution in [0.5, 0.6) is 0 Å². The summed E-state index contributed by atoms with van der Waals surface area (Å²) >= 11 is 6.21. The van der Waals surface area contributed by atoms with E-state index in [9.17, 15) is 0 Å². The Labute approximate surface area is 148 Å². The number of hydrogen-bond acceptors (Lipinski definition) is 2. The first-order chi connectivity index (χ1) is 11.6. The van der Waals surface area contributed by atoms with Crippen molar-refractivity contribution in [3.63, 3.8) is 0 Å². The molecule has 1 aromatic heterocycles. The molecule has 0 amide bonds. The van der Waals surface area contributed by atoms with E-state index in [1.165, 1.54) is 16.8 Å². The Morgan fingerprint density at radius 2 is 1.67 bits per heavy atom. The molecule has 0 spiro atoms. The highest BCUT2D eigenvalue weighted by Gasteiger charge is 2.11. The lowest BCUT2D eigenvalue weighted by molar-refractivity contribution is 0.653. The van der Waals surface area contributed by atoms with Crippen LogP contribution in [0.15, 0.2) is 54.6 Å². The van der Waals surface area contributed by atoms with Gasteiger partial charge in [-0.1, -0.05) is 60.1 Å². The molecule has 0 fully saturated rings. The van der Waals surface area contributed by atoms with E-state index < -0.39 is 0 Å². The van der Waals surface area contributed by atoms with Gasteiger partial charge in [0.25, 0.3) is 0 Å². The Bertz CT molecular complexity index is 809. The van der Waals surface area contributed by atoms with Crippen LogP contribution in [0.2, 0.25) is 5.02 Å². The Hall–Kier alpha value is -2.10. The van der Waals surface area contributed by atoms with Crippen molar-refractivity contribution in [2.24, 2.45) is 0 Å². The molecular weight excluding hydrogens is 318 g/mol. The number of nitrogens with zero attached hydrogens (tertiary/aromatic N) is 2. The maximum Gasteiger partial charge on any atom is 0.0662 e. The van der Waals surface area contributed by atoms with E-state index in [0.717, 1.165) is 35.9 Å². The summed E-state index contributed by atoms with van der Waals surface area (Å²) in [4.78, 5) is 0. The lowest BCUT2D eigenvalue weighted by atomic mass is 10.1. The van der Waals surface area contributed by atoms with Crippen LogP contribution in [0.3, 0.4) is 0 Å². The average molecular weight is 340 g/mol. The highest BCUT2D eigenvalue weighted by Crippen LogP contribution is 2.17. The Kier molecular flexibility index (Phi) is 5.34. The highest BCUT2D eigenvalue weighted by molar-refractivity contribution is 6.31. The molecule has 3 rings (SSSR count). The Morgan fingerprint density at radius 3 is 2.42 bits per heavy atom. The lowest BCUT2D eigenvalue weighted by Gasteiger charge is -2.08. The molecule has 1 heterocycles. The van der Waals surface area contributed by atoms with Crippen molar-refractivity contribution in [1.29, 1.82) is 0 Å². The Morgan fingerprint density at radius 1 is 0.958 bits per heavy atom. The van der Waals surface area contributed by atoms with E-state index in [1.54, 1.807) is 0 Å². The minimum absolute atomic E-state index is 0.752. The summed E-state index contributed by atoms with van der Waals surface area (Å²) in [5.74, 6) is 0. The fourth-order valence-corrected chi connectivity index (χ4v) is 3.07. The summed E-state index contributed by atoms with van der Waals surface area (Å²) < 4.78 is 2.08. The first-order valence-electron chi connectivity index (χ1n) is 8.16. The van der Waals surface area contributed by atoms with Gasteiger partial charge in [0.1, 0.15) is 0 Å². The zero-order chi connectivity index (χ0) is 16.9. The van der Waals surface area contributed by atoms with Gasteiger partial charge in [-0.2, -0.15) is 5.10 Å². The second-order valence-corrected chi connectivity index (χ2v) is 6.39. The molecule has 1 N–H and O–H groups in total. The molecule has 0 saturated heterocycles.